The number of nitrogens with one attached hydrogen (secondary N) is 1. The highest BCUT2D eigenvalue weighted by atomic mass is 16.0. The van der Waals surface area contributed by atoms with Crippen LogP contribution in [0.4, 0.5) is 0 Å². The van der Waals surface area contributed by atoms with Gasteiger partial charge in [0.05, 0.1) is 0 Å². The zero-order valence-corrected chi connectivity index (χ0v) is 12.5. The lowest BCUT2D eigenvalue weighted by molar-refractivity contribution is 0.101. The van der Waals surface area contributed by atoms with E-state index < -0.39 is 0 Å². The Bertz CT molecular complexity index is 215. The predicted octanol–water partition coefficient (Wildman–Crippen LogP) is 2.04. The largest absolute Gasteiger partial charge is 0.412 e. The van der Waals surface area contributed by atoms with E-state index in [9.17, 15) is 0 Å². The highest BCUT2D eigenvalue weighted by Gasteiger charge is 2.35. The van der Waals surface area contributed by atoms with Gasteiger partial charge in [0, 0.05) is 6.04 Å². The van der Waals surface area contributed by atoms with Gasteiger partial charge in [-0.1, -0.05) is 27.7 Å². The Morgan fingerprint density at radius 2 is 1.39 bits per heavy atom. The average molecular weight is 259 g/mol. The number of rotatable bonds is 1. The normalized spacial score (nSPS) is 44.7. The Balaban J connectivity index is 0.00000144. The van der Waals surface area contributed by atoms with Crippen LogP contribution in [-0.4, -0.2) is 23.5 Å². The molecule has 2 aliphatic rings. The molecule has 1 aliphatic carbocycles. The van der Waals surface area contributed by atoms with Crippen LogP contribution in [0.15, 0.2) is 0 Å². The predicted molar refractivity (Wildman–Crippen MR) is 77.6 cm³/mol. The fourth-order valence-corrected chi connectivity index (χ4v) is 3.79. The van der Waals surface area contributed by atoms with E-state index >= 15 is 0 Å². The lowest BCUT2D eigenvalue weighted by atomic mass is 9.67. The Morgan fingerprint density at radius 3 is 1.83 bits per heavy atom. The summed E-state index contributed by atoms with van der Waals surface area (Å²) in [6.45, 7) is 11.0. The van der Waals surface area contributed by atoms with Crippen molar-refractivity contribution in [3.63, 3.8) is 0 Å². The molecule has 0 radical (unpaired) electrons. The quantitative estimate of drug-likeness (QED) is 0.768. The maximum atomic E-state index is 3.79. The van der Waals surface area contributed by atoms with Gasteiger partial charge in [-0.2, -0.15) is 0 Å². The molecule has 1 aliphatic heterocycles. The van der Waals surface area contributed by atoms with E-state index in [-0.39, 0.29) is 11.0 Å². The van der Waals surface area contributed by atoms with Crippen LogP contribution in [0, 0.1) is 29.6 Å². The van der Waals surface area contributed by atoms with Crippen molar-refractivity contribution in [2.75, 3.05) is 6.54 Å². The van der Waals surface area contributed by atoms with Gasteiger partial charge >= 0.3 is 0 Å². The molecule has 1 saturated heterocycles. The third-order valence-corrected chi connectivity index (χ3v) is 5.41. The van der Waals surface area contributed by atoms with E-state index in [1.54, 1.807) is 0 Å². The second kappa shape index (κ2) is 7.46. The minimum absolute atomic E-state index is 0. The monoisotopic (exact) mass is 259 g/mol. The Morgan fingerprint density at radius 1 is 0.833 bits per heavy atom. The molecule has 0 aromatic heterocycles. The first kappa shape index (κ1) is 17.9. The summed E-state index contributed by atoms with van der Waals surface area (Å²) in [5.41, 5.74) is 0. The molecule has 5 N–H and O–H groups in total. The van der Waals surface area contributed by atoms with E-state index in [4.69, 9.17) is 0 Å². The van der Waals surface area contributed by atoms with Crippen molar-refractivity contribution >= 4 is 0 Å². The molecule has 0 amide bonds. The molecule has 0 bridgehead atoms. The first-order chi connectivity index (χ1) is 7.58. The van der Waals surface area contributed by atoms with Crippen molar-refractivity contribution in [3.8, 4) is 0 Å². The van der Waals surface area contributed by atoms with Gasteiger partial charge in [0.25, 0.3) is 0 Å². The smallest absolute Gasteiger partial charge is 0.00957 e. The number of hydrogen-bond acceptors (Lipinski definition) is 1. The minimum atomic E-state index is 0. The molecule has 2 rings (SSSR count). The molecule has 1 saturated carbocycles. The summed E-state index contributed by atoms with van der Waals surface area (Å²) in [6.07, 6.45) is 5.77. The van der Waals surface area contributed by atoms with Crippen molar-refractivity contribution < 1.29 is 11.0 Å². The molecule has 18 heavy (non-hydrogen) atoms. The van der Waals surface area contributed by atoms with E-state index in [0.717, 1.165) is 35.6 Å². The topological polar surface area (TPSA) is 75.0 Å². The minimum Gasteiger partial charge on any atom is -0.412 e. The van der Waals surface area contributed by atoms with Gasteiger partial charge in [0.2, 0.25) is 0 Å². The van der Waals surface area contributed by atoms with Crippen LogP contribution in [-0.2, 0) is 0 Å². The van der Waals surface area contributed by atoms with Crippen molar-refractivity contribution in [3.05, 3.63) is 0 Å². The van der Waals surface area contributed by atoms with Gasteiger partial charge in [0.15, 0.2) is 0 Å². The number of hydrogen-bond donors (Lipinski definition) is 1. The second-order valence-corrected chi connectivity index (χ2v) is 6.74. The number of piperidine rings is 1. The molecule has 4 atom stereocenters. The lowest BCUT2D eigenvalue weighted by Gasteiger charge is -2.43. The lowest BCUT2D eigenvalue weighted by Crippen LogP contribution is -2.46. The zero-order valence-electron chi connectivity index (χ0n) is 12.5. The molecule has 0 aromatic carbocycles. The summed E-state index contributed by atoms with van der Waals surface area (Å²) in [5, 5.41) is 3.79. The second-order valence-electron chi connectivity index (χ2n) is 6.74. The molecule has 1 heterocycles. The van der Waals surface area contributed by atoms with Crippen molar-refractivity contribution in [1.82, 2.24) is 5.32 Å². The first-order valence-corrected chi connectivity index (χ1v) is 7.31. The van der Waals surface area contributed by atoms with Crippen LogP contribution < -0.4 is 5.32 Å². The third-order valence-electron chi connectivity index (χ3n) is 5.41. The maximum Gasteiger partial charge on any atom is 0.00957 e. The van der Waals surface area contributed by atoms with E-state index in [2.05, 4.69) is 33.0 Å². The molecule has 2 fully saturated rings. The Kier molecular flexibility index (Phi) is 7.41. The highest BCUT2D eigenvalue weighted by molar-refractivity contribution is 4.88. The van der Waals surface area contributed by atoms with Crippen LogP contribution in [0.25, 0.3) is 0 Å². The summed E-state index contributed by atoms with van der Waals surface area (Å²) in [6, 6.07) is 0.827. The maximum absolute atomic E-state index is 3.79. The Hall–Kier alpha value is -0.120. The summed E-state index contributed by atoms with van der Waals surface area (Å²) in [4.78, 5) is 0. The molecule has 4 unspecified atom stereocenters. The summed E-state index contributed by atoms with van der Waals surface area (Å²) in [7, 11) is 0. The van der Waals surface area contributed by atoms with Crippen molar-refractivity contribution in [1.29, 1.82) is 0 Å². The van der Waals surface area contributed by atoms with Gasteiger partial charge in [0.1, 0.15) is 0 Å². The van der Waals surface area contributed by atoms with Gasteiger partial charge in [-0.25, -0.2) is 0 Å². The van der Waals surface area contributed by atoms with Crippen molar-refractivity contribution in [2.24, 2.45) is 29.6 Å². The van der Waals surface area contributed by atoms with Crippen LogP contribution >= 0.6 is 0 Å². The molecule has 3 nitrogen and oxygen atoms in total. The summed E-state index contributed by atoms with van der Waals surface area (Å²) < 4.78 is 0. The van der Waals surface area contributed by atoms with Crippen LogP contribution in [0.2, 0.25) is 0 Å². The summed E-state index contributed by atoms with van der Waals surface area (Å²) >= 11 is 0. The zero-order chi connectivity index (χ0) is 11.7. The van der Waals surface area contributed by atoms with Gasteiger partial charge in [-0.05, 0) is 61.8 Å². The highest BCUT2D eigenvalue weighted by Crippen LogP contribution is 2.40. The van der Waals surface area contributed by atoms with Crippen molar-refractivity contribution in [2.45, 2.75) is 59.4 Å². The van der Waals surface area contributed by atoms with Crippen LogP contribution in [0.5, 0.6) is 0 Å². The summed E-state index contributed by atoms with van der Waals surface area (Å²) in [5.74, 6) is 4.63. The molecule has 3 heteroatoms. The fraction of sp³-hybridized carbons (Fsp3) is 1.00. The van der Waals surface area contributed by atoms with E-state index in [1.807, 2.05) is 0 Å². The van der Waals surface area contributed by atoms with Gasteiger partial charge in [-0.15, -0.1) is 0 Å². The van der Waals surface area contributed by atoms with Gasteiger partial charge < -0.3 is 16.3 Å². The van der Waals surface area contributed by atoms with E-state index in [0.29, 0.717) is 0 Å². The fourth-order valence-electron chi connectivity index (χ4n) is 3.79. The average Bonchev–Trinajstić information content (AvgIpc) is 2.26. The molecule has 0 spiro atoms. The Labute approximate surface area is 112 Å². The van der Waals surface area contributed by atoms with Crippen LogP contribution in [0.3, 0.4) is 0 Å². The molecular weight excluding hydrogens is 226 g/mol. The SMILES string of the molecule is CC1CCC(C2CC(C)C(C)C(C)C2)NC1.O.O. The molecular formula is C15H33NO2. The first-order valence-electron chi connectivity index (χ1n) is 7.31. The standard InChI is InChI=1S/C15H29N.2H2O/c1-10-5-6-15(16-9-10)14-7-11(2)13(4)12(3)8-14;;/h10-16H,5-9H2,1-4H3;2*1H2. The third kappa shape index (κ3) is 3.94. The van der Waals surface area contributed by atoms with Crippen LogP contribution in [0.1, 0.15) is 53.4 Å². The molecule has 0 aromatic rings. The van der Waals surface area contributed by atoms with Gasteiger partial charge in [-0.3, -0.25) is 0 Å². The molecule has 110 valence electrons. The van der Waals surface area contributed by atoms with E-state index in [1.165, 1.54) is 32.2 Å².